The number of anilines is 1. The highest BCUT2D eigenvalue weighted by molar-refractivity contribution is 5.48. The number of rotatable bonds is 6. The highest BCUT2D eigenvalue weighted by atomic mass is 15.1. The van der Waals surface area contributed by atoms with Crippen LogP contribution in [0.1, 0.15) is 64.5 Å². The Morgan fingerprint density at radius 3 is 2.33 bits per heavy atom. The van der Waals surface area contributed by atoms with Gasteiger partial charge in [0.05, 0.1) is 0 Å². The van der Waals surface area contributed by atoms with E-state index in [0.717, 1.165) is 18.5 Å². The molecule has 1 aliphatic carbocycles. The largest absolute Gasteiger partial charge is 0.372 e. The van der Waals surface area contributed by atoms with E-state index in [0.29, 0.717) is 6.04 Å². The Labute approximate surface area is 130 Å². The van der Waals surface area contributed by atoms with Crippen LogP contribution in [0.3, 0.4) is 0 Å². The molecule has 1 fully saturated rings. The molecule has 2 heteroatoms. The van der Waals surface area contributed by atoms with Crippen molar-refractivity contribution in [2.45, 2.75) is 65.0 Å². The molecule has 1 atom stereocenters. The zero-order chi connectivity index (χ0) is 15.2. The van der Waals surface area contributed by atoms with Crippen LogP contribution in [0.2, 0.25) is 0 Å². The zero-order valence-electron chi connectivity index (χ0n) is 14.2. The SMILES string of the molecule is CCCNC(C)c1ccc(N(C)C2CCC(C)CC2)cc1. The van der Waals surface area contributed by atoms with Gasteiger partial charge < -0.3 is 10.2 Å². The summed E-state index contributed by atoms with van der Waals surface area (Å²) in [6.07, 6.45) is 6.63. The minimum atomic E-state index is 0.444. The maximum atomic E-state index is 3.55. The molecule has 118 valence electrons. The quantitative estimate of drug-likeness (QED) is 0.811. The molecule has 0 radical (unpaired) electrons. The fraction of sp³-hybridized carbons (Fsp3) is 0.684. The highest BCUT2D eigenvalue weighted by Gasteiger charge is 2.21. The summed E-state index contributed by atoms with van der Waals surface area (Å²) in [4.78, 5) is 2.49. The van der Waals surface area contributed by atoms with Gasteiger partial charge in [0, 0.05) is 24.8 Å². The Hall–Kier alpha value is -1.02. The van der Waals surface area contributed by atoms with Crippen molar-refractivity contribution in [3.8, 4) is 0 Å². The zero-order valence-corrected chi connectivity index (χ0v) is 14.2. The third-order valence-electron chi connectivity index (χ3n) is 5.03. The number of hydrogen-bond donors (Lipinski definition) is 1. The molecule has 1 aromatic carbocycles. The van der Waals surface area contributed by atoms with Gasteiger partial charge in [-0.3, -0.25) is 0 Å². The predicted molar refractivity (Wildman–Crippen MR) is 93.0 cm³/mol. The summed E-state index contributed by atoms with van der Waals surface area (Å²) in [5.41, 5.74) is 2.75. The van der Waals surface area contributed by atoms with E-state index >= 15 is 0 Å². The van der Waals surface area contributed by atoms with Crippen LogP contribution >= 0.6 is 0 Å². The van der Waals surface area contributed by atoms with Gasteiger partial charge in [0.25, 0.3) is 0 Å². The van der Waals surface area contributed by atoms with Gasteiger partial charge in [-0.15, -0.1) is 0 Å². The molecule has 1 unspecified atom stereocenters. The number of hydrogen-bond acceptors (Lipinski definition) is 2. The van der Waals surface area contributed by atoms with Crippen LogP contribution in [0.5, 0.6) is 0 Å². The lowest BCUT2D eigenvalue weighted by Crippen LogP contribution is -2.34. The Balaban J connectivity index is 1.94. The van der Waals surface area contributed by atoms with Crippen molar-refractivity contribution in [3.05, 3.63) is 29.8 Å². The molecule has 0 saturated heterocycles. The molecule has 1 aromatic rings. The fourth-order valence-electron chi connectivity index (χ4n) is 3.32. The van der Waals surface area contributed by atoms with Gasteiger partial charge >= 0.3 is 0 Å². The van der Waals surface area contributed by atoms with E-state index in [2.05, 4.69) is 62.3 Å². The van der Waals surface area contributed by atoms with E-state index < -0.39 is 0 Å². The van der Waals surface area contributed by atoms with Gasteiger partial charge in [0.1, 0.15) is 0 Å². The average molecular weight is 288 g/mol. The first-order valence-electron chi connectivity index (χ1n) is 8.68. The van der Waals surface area contributed by atoms with E-state index in [1.807, 2.05) is 0 Å². The second-order valence-electron chi connectivity index (χ2n) is 6.79. The van der Waals surface area contributed by atoms with E-state index in [1.165, 1.54) is 43.4 Å². The molecular weight excluding hydrogens is 256 g/mol. The van der Waals surface area contributed by atoms with Crippen molar-refractivity contribution in [3.63, 3.8) is 0 Å². The van der Waals surface area contributed by atoms with E-state index in [4.69, 9.17) is 0 Å². The van der Waals surface area contributed by atoms with Crippen LogP contribution < -0.4 is 10.2 Å². The van der Waals surface area contributed by atoms with Gasteiger partial charge in [-0.1, -0.05) is 26.0 Å². The van der Waals surface area contributed by atoms with Crippen LogP contribution in [0, 0.1) is 5.92 Å². The minimum Gasteiger partial charge on any atom is -0.372 e. The smallest absolute Gasteiger partial charge is 0.0366 e. The maximum absolute atomic E-state index is 3.55. The van der Waals surface area contributed by atoms with Gasteiger partial charge in [-0.25, -0.2) is 0 Å². The minimum absolute atomic E-state index is 0.444. The summed E-state index contributed by atoms with van der Waals surface area (Å²) in [5.74, 6) is 0.919. The first-order chi connectivity index (χ1) is 10.1. The monoisotopic (exact) mass is 288 g/mol. The maximum Gasteiger partial charge on any atom is 0.0366 e. The normalized spacial score (nSPS) is 23.8. The van der Waals surface area contributed by atoms with Gasteiger partial charge in [-0.05, 0) is 69.2 Å². The third kappa shape index (κ3) is 4.47. The molecule has 0 aromatic heterocycles. The lowest BCUT2D eigenvalue weighted by molar-refractivity contribution is 0.341. The van der Waals surface area contributed by atoms with Gasteiger partial charge in [0.15, 0.2) is 0 Å². The van der Waals surface area contributed by atoms with E-state index in [9.17, 15) is 0 Å². The summed E-state index contributed by atoms with van der Waals surface area (Å²) in [6.45, 7) is 7.93. The Morgan fingerprint density at radius 1 is 1.14 bits per heavy atom. The molecule has 0 spiro atoms. The summed E-state index contributed by atoms with van der Waals surface area (Å²) in [6, 6.07) is 10.3. The van der Waals surface area contributed by atoms with Gasteiger partial charge in [0.2, 0.25) is 0 Å². The van der Waals surface area contributed by atoms with Crippen molar-refractivity contribution in [2.75, 3.05) is 18.5 Å². The molecule has 0 aliphatic heterocycles. The van der Waals surface area contributed by atoms with Crippen LogP contribution in [0.25, 0.3) is 0 Å². The Kier molecular flexibility index (Phi) is 6.10. The number of benzene rings is 1. The summed E-state index contributed by atoms with van der Waals surface area (Å²) < 4.78 is 0. The second kappa shape index (κ2) is 7.84. The third-order valence-corrected chi connectivity index (χ3v) is 5.03. The van der Waals surface area contributed by atoms with E-state index in [1.54, 1.807) is 0 Å². The Morgan fingerprint density at radius 2 is 1.76 bits per heavy atom. The second-order valence-corrected chi connectivity index (χ2v) is 6.79. The lowest BCUT2D eigenvalue weighted by Gasteiger charge is -2.35. The molecule has 1 saturated carbocycles. The molecule has 21 heavy (non-hydrogen) atoms. The summed E-state index contributed by atoms with van der Waals surface area (Å²) in [7, 11) is 2.26. The molecule has 1 N–H and O–H groups in total. The molecule has 0 heterocycles. The predicted octanol–water partition coefficient (Wildman–Crippen LogP) is 4.76. The summed E-state index contributed by atoms with van der Waals surface area (Å²) in [5, 5.41) is 3.55. The number of nitrogens with zero attached hydrogens (tertiary/aromatic N) is 1. The number of nitrogens with one attached hydrogen (secondary N) is 1. The molecule has 0 bridgehead atoms. The lowest BCUT2D eigenvalue weighted by atomic mass is 9.86. The summed E-state index contributed by atoms with van der Waals surface area (Å²) >= 11 is 0. The van der Waals surface area contributed by atoms with Crippen LogP contribution in [-0.4, -0.2) is 19.6 Å². The highest BCUT2D eigenvalue weighted by Crippen LogP contribution is 2.29. The standard InChI is InChI=1S/C19H32N2/c1-5-14-20-16(3)17-8-12-19(13-9-17)21(4)18-10-6-15(2)7-11-18/h8-9,12-13,15-16,18,20H,5-7,10-11,14H2,1-4H3. The van der Waals surface area contributed by atoms with Crippen molar-refractivity contribution in [1.82, 2.24) is 5.32 Å². The van der Waals surface area contributed by atoms with Crippen molar-refractivity contribution < 1.29 is 0 Å². The van der Waals surface area contributed by atoms with Crippen LogP contribution in [0.4, 0.5) is 5.69 Å². The van der Waals surface area contributed by atoms with Crippen molar-refractivity contribution >= 4 is 5.69 Å². The molecule has 2 nitrogen and oxygen atoms in total. The first-order valence-corrected chi connectivity index (χ1v) is 8.68. The first kappa shape index (κ1) is 16.4. The van der Waals surface area contributed by atoms with E-state index in [-0.39, 0.29) is 0 Å². The molecule has 2 rings (SSSR count). The van der Waals surface area contributed by atoms with Crippen LogP contribution in [0.15, 0.2) is 24.3 Å². The van der Waals surface area contributed by atoms with Crippen LogP contribution in [-0.2, 0) is 0 Å². The molecular formula is C19H32N2. The Bertz CT molecular complexity index is 404. The average Bonchev–Trinajstić information content (AvgIpc) is 2.53. The van der Waals surface area contributed by atoms with Gasteiger partial charge in [-0.2, -0.15) is 0 Å². The van der Waals surface area contributed by atoms with Crippen molar-refractivity contribution in [1.29, 1.82) is 0 Å². The van der Waals surface area contributed by atoms with Crippen molar-refractivity contribution in [2.24, 2.45) is 5.92 Å². The fourth-order valence-corrected chi connectivity index (χ4v) is 3.32. The topological polar surface area (TPSA) is 15.3 Å². The molecule has 0 amide bonds. The molecule has 1 aliphatic rings.